The van der Waals surface area contributed by atoms with Crippen molar-refractivity contribution in [2.75, 3.05) is 26.3 Å². The van der Waals surface area contributed by atoms with Crippen LogP contribution in [0.4, 0.5) is 0 Å². The van der Waals surface area contributed by atoms with Gasteiger partial charge >= 0.3 is 0 Å². The molecule has 0 amide bonds. The first-order valence-electron chi connectivity index (χ1n) is 7.66. The van der Waals surface area contributed by atoms with Gasteiger partial charge in [0.25, 0.3) is 0 Å². The van der Waals surface area contributed by atoms with E-state index < -0.39 is 0 Å². The molecule has 1 atom stereocenters. The predicted octanol–water partition coefficient (Wildman–Crippen LogP) is 3.68. The first-order chi connectivity index (χ1) is 8.69. The van der Waals surface area contributed by atoms with E-state index in [1.165, 1.54) is 25.8 Å². The van der Waals surface area contributed by atoms with Crippen LogP contribution in [0.5, 0.6) is 0 Å². The largest absolute Gasteiger partial charge is 0.353 e. The van der Waals surface area contributed by atoms with Gasteiger partial charge in [0.1, 0.15) is 0 Å². The van der Waals surface area contributed by atoms with Gasteiger partial charge in [-0.25, -0.2) is 0 Å². The Labute approximate surface area is 114 Å². The molecule has 0 saturated carbocycles. The Morgan fingerprint density at radius 2 is 1.56 bits per heavy atom. The van der Waals surface area contributed by atoms with E-state index in [1.807, 2.05) is 13.8 Å². The maximum atomic E-state index is 5.60. The van der Waals surface area contributed by atoms with Crippen LogP contribution in [0.3, 0.4) is 0 Å². The Bertz CT molecular complexity index is 170. The molecular weight excluding hydrogens is 226 g/mol. The Morgan fingerprint density at radius 3 is 2.00 bits per heavy atom. The van der Waals surface area contributed by atoms with Crippen molar-refractivity contribution in [3.05, 3.63) is 0 Å². The predicted molar refractivity (Wildman–Crippen MR) is 77.9 cm³/mol. The number of hydrogen-bond acceptors (Lipinski definition) is 3. The van der Waals surface area contributed by atoms with Gasteiger partial charge in [-0.15, -0.1) is 0 Å². The van der Waals surface area contributed by atoms with Gasteiger partial charge < -0.3 is 14.4 Å². The molecule has 0 spiro atoms. The fourth-order valence-corrected chi connectivity index (χ4v) is 2.03. The van der Waals surface area contributed by atoms with E-state index in [1.54, 1.807) is 0 Å². The highest BCUT2D eigenvalue weighted by atomic mass is 16.7. The summed E-state index contributed by atoms with van der Waals surface area (Å²) in [7, 11) is 0. The molecule has 0 aliphatic carbocycles. The summed E-state index contributed by atoms with van der Waals surface area (Å²) in [6.07, 6.45) is 4.67. The van der Waals surface area contributed by atoms with Gasteiger partial charge in [-0.05, 0) is 40.2 Å². The zero-order valence-electron chi connectivity index (χ0n) is 13.1. The third-order valence-corrected chi connectivity index (χ3v) is 3.37. The molecule has 0 saturated heterocycles. The molecule has 0 heterocycles. The Morgan fingerprint density at radius 1 is 0.944 bits per heavy atom. The Balaban J connectivity index is 4.11. The molecule has 3 heteroatoms. The summed E-state index contributed by atoms with van der Waals surface area (Å²) < 4.78 is 11.2. The first-order valence-corrected chi connectivity index (χ1v) is 7.66. The summed E-state index contributed by atoms with van der Waals surface area (Å²) >= 11 is 0. The lowest BCUT2D eigenvalue weighted by atomic mass is 10.2. The van der Waals surface area contributed by atoms with Gasteiger partial charge in [-0.2, -0.15) is 0 Å². The monoisotopic (exact) mass is 259 g/mol. The molecule has 0 aromatic heterocycles. The van der Waals surface area contributed by atoms with Crippen LogP contribution in [-0.4, -0.2) is 43.5 Å². The van der Waals surface area contributed by atoms with Crippen molar-refractivity contribution in [3.63, 3.8) is 0 Å². The van der Waals surface area contributed by atoms with Crippen molar-refractivity contribution in [1.82, 2.24) is 4.90 Å². The molecule has 0 bridgehead atoms. The Kier molecular flexibility index (Phi) is 11.9. The van der Waals surface area contributed by atoms with Crippen LogP contribution in [0, 0.1) is 0 Å². The van der Waals surface area contributed by atoms with Crippen molar-refractivity contribution in [1.29, 1.82) is 0 Å². The summed E-state index contributed by atoms with van der Waals surface area (Å²) in [4.78, 5) is 2.56. The summed E-state index contributed by atoms with van der Waals surface area (Å²) in [5.41, 5.74) is 0. The standard InChI is InChI=1S/C15H33NO2/c1-6-10-12-16(14(5)7-2)13-11-15(17-8-3)18-9-4/h14-15H,6-13H2,1-5H3. The van der Waals surface area contributed by atoms with E-state index in [-0.39, 0.29) is 6.29 Å². The van der Waals surface area contributed by atoms with Crippen molar-refractivity contribution in [3.8, 4) is 0 Å². The molecule has 0 rings (SSSR count). The van der Waals surface area contributed by atoms with Gasteiger partial charge in [0.05, 0.1) is 0 Å². The highest BCUT2D eigenvalue weighted by Gasteiger charge is 2.15. The van der Waals surface area contributed by atoms with Gasteiger partial charge in [-0.1, -0.05) is 20.3 Å². The maximum Gasteiger partial charge on any atom is 0.158 e. The third-order valence-electron chi connectivity index (χ3n) is 3.37. The quantitative estimate of drug-likeness (QED) is 0.499. The second-order valence-electron chi connectivity index (χ2n) is 4.78. The van der Waals surface area contributed by atoms with Crippen LogP contribution in [0.25, 0.3) is 0 Å². The Hall–Kier alpha value is -0.120. The molecular formula is C15H33NO2. The van der Waals surface area contributed by atoms with E-state index >= 15 is 0 Å². The summed E-state index contributed by atoms with van der Waals surface area (Å²) in [6.45, 7) is 14.6. The molecule has 0 fully saturated rings. The highest BCUT2D eigenvalue weighted by Crippen LogP contribution is 2.10. The molecule has 0 N–H and O–H groups in total. The lowest BCUT2D eigenvalue weighted by Gasteiger charge is -2.29. The average molecular weight is 259 g/mol. The zero-order chi connectivity index (χ0) is 13.8. The summed E-state index contributed by atoms with van der Waals surface area (Å²) in [5.74, 6) is 0. The van der Waals surface area contributed by atoms with Crippen molar-refractivity contribution < 1.29 is 9.47 Å². The number of nitrogens with zero attached hydrogens (tertiary/aromatic N) is 1. The van der Waals surface area contributed by atoms with E-state index in [0.717, 1.165) is 26.2 Å². The lowest BCUT2D eigenvalue weighted by Crippen LogP contribution is -2.36. The van der Waals surface area contributed by atoms with Crippen LogP contribution < -0.4 is 0 Å². The van der Waals surface area contributed by atoms with Crippen molar-refractivity contribution in [2.24, 2.45) is 0 Å². The fourth-order valence-electron chi connectivity index (χ4n) is 2.03. The molecule has 0 aliphatic rings. The van der Waals surface area contributed by atoms with E-state index in [0.29, 0.717) is 6.04 Å². The zero-order valence-corrected chi connectivity index (χ0v) is 13.1. The number of unbranched alkanes of at least 4 members (excludes halogenated alkanes) is 1. The van der Waals surface area contributed by atoms with Crippen molar-refractivity contribution >= 4 is 0 Å². The molecule has 0 aromatic carbocycles. The minimum atomic E-state index is -0.0341. The topological polar surface area (TPSA) is 21.7 Å². The number of hydrogen-bond donors (Lipinski definition) is 0. The van der Waals surface area contributed by atoms with Crippen LogP contribution in [0.15, 0.2) is 0 Å². The smallest absolute Gasteiger partial charge is 0.158 e. The average Bonchev–Trinajstić information content (AvgIpc) is 2.38. The van der Waals surface area contributed by atoms with Gasteiger partial charge in [-0.3, -0.25) is 0 Å². The molecule has 1 unspecified atom stereocenters. The van der Waals surface area contributed by atoms with Crippen LogP contribution >= 0.6 is 0 Å². The first kappa shape index (κ1) is 17.9. The second kappa shape index (κ2) is 11.9. The third kappa shape index (κ3) is 8.06. The summed E-state index contributed by atoms with van der Waals surface area (Å²) in [6, 6.07) is 0.653. The highest BCUT2D eigenvalue weighted by molar-refractivity contribution is 4.66. The normalized spacial score (nSPS) is 13.5. The van der Waals surface area contributed by atoms with Crippen molar-refractivity contribution in [2.45, 2.75) is 72.6 Å². The van der Waals surface area contributed by atoms with Crippen LogP contribution in [0.1, 0.15) is 60.3 Å². The SMILES string of the molecule is CCCCN(CCC(OCC)OCC)C(C)CC. The van der Waals surface area contributed by atoms with E-state index in [9.17, 15) is 0 Å². The maximum absolute atomic E-state index is 5.60. The molecule has 18 heavy (non-hydrogen) atoms. The lowest BCUT2D eigenvalue weighted by molar-refractivity contribution is -0.142. The fraction of sp³-hybridized carbons (Fsp3) is 1.00. The second-order valence-corrected chi connectivity index (χ2v) is 4.78. The van der Waals surface area contributed by atoms with Gasteiger partial charge in [0.15, 0.2) is 6.29 Å². The van der Waals surface area contributed by atoms with E-state index in [4.69, 9.17) is 9.47 Å². The number of rotatable bonds is 12. The van der Waals surface area contributed by atoms with Crippen LogP contribution in [-0.2, 0) is 9.47 Å². The number of ether oxygens (including phenoxy) is 2. The van der Waals surface area contributed by atoms with Crippen LogP contribution in [0.2, 0.25) is 0 Å². The molecule has 3 nitrogen and oxygen atoms in total. The van der Waals surface area contributed by atoms with Gasteiger partial charge in [0.2, 0.25) is 0 Å². The summed E-state index contributed by atoms with van der Waals surface area (Å²) in [5, 5.41) is 0. The molecule has 0 radical (unpaired) electrons. The van der Waals surface area contributed by atoms with E-state index in [2.05, 4.69) is 25.7 Å². The molecule has 110 valence electrons. The molecule has 0 aliphatic heterocycles. The molecule has 0 aromatic rings. The minimum Gasteiger partial charge on any atom is -0.353 e. The minimum absolute atomic E-state index is 0.0341. The van der Waals surface area contributed by atoms with Gasteiger partial charge in [0, 0.05) is 32.2 Å².